The Morgan fingerprint density at radius 3 is 0.703 bits per heavy atom. The molecule has 8 atom stereocenters. The molecule has 0 aromatic carbocycles. The van der Waals surface area contributed by atoms with Gasteiger partial charge in [-0.1, -0.05) is 0 Å². The van der Waals surface area contributed by atoms with Gasteiger partial charge in [-0.25, -0.2) is 0 Å². The Labute approximate surface area is 239 Å². The van der Waals surface area contributed by atoms with Gasteiger partial charge in [0, 0.05) is 0 Å². The molecule has 0 spiro atoms. The van der Waals surface area contributed by atoms with Crippen LogP contribution in [0.3, 0.4) is 0 Å². The van der Waals surface area contributed by atoms with Gasteiger partial charge in [0.15, 0.2) is 0 Å². The number of rotatable bonds is 24. The quantitative estimate of drug-likeness (QED) is 0.109. The molecule has 0 aromatic heterocycles. The molecule has 0 N–H and O–H groups in total. The van der Waals surface area contributed by atoms with Gasteiger partial charge in [0.05, 0.1) is 0 Å². The van der Waals surface area contributed by atoms with Gasteiger partial charge in [0.1, 0.15) is 0 Å². The Balaban J connectivity index is 6.88. The van der Waals surface area contributed by atoms with Crippen molar-refractivity contribution in [1.29, 1.82) is 0 Å². The average Bonchev–Trinajstić information content (AvgIpc) is 2.90. The third-order valence-corrected chi connectivity index (χ3v) is 12.3. The normalized spacial score (nSPS) is 20.4. The van der Waals surface area contributed by atoms with E-state index < -0.39 is 18.1 Å². The first-order valence-electron chi connectivity index (χ1n) is 16.3. The SMILES string of the molecule is CCCC([O][Ti]([O]C(CCC)C(C)CC)([O]C(CCC)C(C)CC)[O]C(CCC)C(C)CC)C(C)CC. The van der Waals surface area contributed by atoms with Gasteiger partial charge in [-0.2, -0.15) is 0 Å². The third kappa shape index (κ3) is 13.6. The van der Waals surface area contributed by atoms with Crippen molar-refractivity contribution in [3.63, 3.8) is 0 Å². The minimum absolute atomic E-state index is 0.104. The molecule has 0 aliphatic heterocycles. The van der Waals surface area contributed by atoms with Crippen LogP contribution in [0.25, 0.3) is 0 Å². The second kappa shape index (κ2) is 21.3. The van der Waals surface area contributed by atoms with Crippen LogP contribution in [-0.4, -0.2) is 24.4 Å². The maximum absolute atomic E-state index is 7.27. The van der Waals surface area contributed by atoms with Crippen molar-refractivity contribution >= 4 is 0 Å². The van der Waals surface area contributed by atoms with E-state index >= 15 is 0 Å². The molecule has 5 heteroatoms. The predicted molar refractivity (Wildman–Crippen MR) is 157 cm³/mol. The van der Waals surface area contributed by atoms with Crippen molar-refractivity contribution in [3.05, 3.63) is 0 Å². The van der Waals surface area contributed by atoms with E-state index in [1.807, 2.05) is 0 Å². The third-order valence-electron chi connectivity index (χ3n) is 8.59. The number of hydrogen-bond donors (Lipinski definition) is 0. The van der Waals surface area contributed by atoms with E-state index in [-0.39, 0.29) is 24.4 Å². The summed E-state index contributed by atoms with van der Waals surface area (Å²) in [5.41, 5.74) is 0. The van der Waals surface area contributed by atoms with E-state index in [1.165, 1.54) is 0 Å². The van der Waals surface area contributed by atoms with E-state index in [0.29, 0.717) is 23.7 Å². The van der Waals surface area contributed by atoms with Gasteiger partial charge in [-0.05, 0) is 0 Å². The average molecular weight is 565 g/mol. The molecule has 0 amide bonds. The summed E-state index contributed by atoms with van der Waals surface area (Å²) < 4.78 is 29.1. The molecular weight excluding hydrogens is 496 g/mol. The summed E-state index contributed by atoms with van der Waals surface area (Å²) in [6.07, 6.45) is 13.2. The predicted octanol–water partition coefficient (Wildman–Crippen LogP) is 10.7. The minimum atomic E-state index is -4.22. The van der Waals surface area contributed by atoms with Crippen LogP contribution >= 0.6 is 0 Å². The van der Waals surface area contributed by atoms with Crippen LogP contribution in [0.1, 0.15) is 160 Å². The van der Waals surface area contributed by atoms with Crippen molar-refractivity contribution in [2.45, 2.75) is 185 Å². The van der Waals surface area contributed by atoms with Gasteiger partial charge < -0.3 is 0 Å². The van der Waals surface area contributed by atoms with Gasteiger partial charge in [0.25, 0.3) is 0 Å². The van der Waals surface area contributed by atoms with Crippen LogP contribution in [0.2, 0.25) is 0 Å². The molecule has 0 saturated heterocycles. The van der Waals surface area contributed by atoms with Crippen molar-refractivity contribution < 1.29 is 31.4 Å². The van der Waals surface area contributed by atoms with Crippen LogP contribution in [0.15, 0.2) is 0 Å². The summed E-state index contributed by atoms with van der Waals surface area (Å²) >= 11 is -4.22. The Morgan fingerprint density at radius 2 is 0.568 bits per heavy atom. The summed E-state index contributed by atoms with van der Waals surface area (Å²) in [6.45, 7) is 27.4. The molecule has 0 heterocycles. The molecule has 0 aromatic rings. The molecule has 0 fully saturated rings. The molecule has 0 saturated carbocycles. The first-order valence-corrected chi connectivity index (χ1v) is 18.9. The van der Waals surface area contributed by atoms with Crippen molar-refractivity contribution in [2.75, 3.05) is 0 Å². The Hall–Kier alpha value is 0.554. The van der Waals surface area contributed by atoms with Gasteiger partial charge in [0.2, 0.25) is 0 Å². The van der Waals surface area contributed by atoms with Gasteiger partial charge >= 0.3 is 240 Å². The molecule has 0 radical (unpaired) electrons. The van der Waals surface area contributed by atoms with E-state index in [2.05, 4.69) is 83.1 Å². The molecule has 224 valence electrons. The Morgan fingerprint density at radius 1 is 0.378 bits per heavy atom. The van der Waals surface area contributed by atoms with Gasteiger partial charge in [-0.15, -0.1) is 0 Å². The van der Waals surface area contributed by atoms with Crippen LogP contribution in [0, 0.1) is 23.7 Å². The summed E-state index contributed by atoms with van der Waals surface area (Å²) in [4.78, 5) is 0. The standard InChI is InChI=1S/4C8H17O.Ti/c4*1-4-6-8(9)7(3)5-2;/h4*7-8H,4-6H2,1-3H3;/q4*-1;+4. The zero-order valence-electron chi connectivity index (χ0n) is 27.2. The fourth-order valence-corrected chi connectivity index (χ4v) is 9.96. The first-order chi connectivity index (χ1) is 17.6. The van der Waals surface area contributed by atoms with E-state index in [4.69, 9.17) is 13.3 Å². The molecule has 4 nitrogen and oxygen atoms in total. The molecule has 0 aliphatic rings. The van der Waals surface area contributed by atoms with Crippen LogP contribution < -0.4 is 0 Å². The molecule has 8 unspecified atom stereocenters. The summed E-state index contributed by atoms with van der Waals surface area (Å²) in [6, 6.07) is 0. The van der Waals surface area contributed by atoms with Crippen molar-refractivity contribution in [2.24, 2.45) is 23.7 Å². The fourth-order valence-electron chi connectivity index (χ4n) is 4.94. The summed E-state index contributed by atoms with van der Waals surface area (Å²) in [5, 5.41) is 0. The monoisotopic (exact) mass is 564 g/mol. The molecule has 0 rings (SSSR count). The summed E-state index contributed by atoms with van der Waals surface area (Å²) in [5.74, 6) is 1.76. The second-order valence-corrected chi connectivity index (χ2v) is 14.9. The van der Waals surface area contributed by atoms with E-state index in [1.54, 1.807) is 0 Å². The summed E-state index contributed by atoms with van der Waals surface area (Å²) in [7, 11) is 0. The van der Waals surface area contributed by atoms with Crippen LogP contribution in [-0.2, 0) is 31.4 Å². The molecule has 0 aliphatic carbocycles. The zero-order chi connectivity index (χ0) is 28.4. The van der Waals surface area contributed by atoms with Gasteiger partial charge in [-0.3, -0.25) is 0 Å². The van der Waals surface area contributed by atoms with Crippen molar-refractivity contribution in [1.82, 2.24) is 0 Å². The Kier molecular flexibility index (Phi) is 21.6. The topological polar surface area (TPSA) is 36.9 Å². The molecular formula is C32H68O4Ti. The number of hydrogen-bond acceptors (Lipinski definition) is 4. The first kappa shape index (κ1) is 37.6. The van der Waals surface area contributed by atoms with E-state index in [0.717, 1.165) is 77.0 Å². The zero-order valence-corrected chi connectivity index (χ0v) is 28.8. The Bertz CT molecular complexity index is 437. The maximum atomic E-state index is 7.27. The second-order valence-electron chi connectivity index (χ2n) is 11.8. The fraction of sp³-hybridized carbons (Fsp3) is 1.00. The molecule has 37 heavy (non-hydrogen) atoms. The van der Waals surface area contributed by atoms with Crippen molar-refractivity contribution in [3.8, 4) is 0 Å². The van der Waals surface area contributed by atoms with Crippen LogP contribution in [0.4, 0.5) is 0 Å². The van der Waals surface area contributed by atoms with E-state index in [9.17, 15) is 0 Å². The van der Waals surface area contributed by atoms with Crippen LogP contribution in [0.5, 0.6) is 0 Å². The molecule has 0 bridgehead atoms.